The maximum Gasteiger partial charge on any atom is 0.191 e. The van der Waals surface area contributed by atoms with Gasteiger partial charge in [0, 0.05) is 6.54 Å². The largest absolute Gasteiger partial charge is 0.486 e. The van der Waals surface area contributed by atoms with Gasteiger partial charge in [0.2, 0.25) is 0 Å². The highest BCUT2D eigenvalue weighted by molar-refractivity contribution is 5.80. The Bertz CT molecular complexity index is 501. The molecule has 0 saturated carbocycles. The Balaban J connectivity index is 1.86. The number of aliphatic imine (C=N–C) groups is 1. The van der Waals surface area contributed by atoms with Crippen LogP contribution in [0.25, 0.3) is 0 Å². The molecule has 0 amide bonds. The highest BCUT2D eigenvalue weighted by Crippen LogP contribution is 2.35. The van der Waals surface area contributed by atoms with Crippen LogP contribution in [-0.2, 0) is 0 Å². The summed E-state index contributed by atoms with van der Waals surface area (Å²) in [6.45, 7) is 5.01. The number of nitrogens with two attached hydrogens (primary N) is 1. The molecule has 102 valence electrons. The van der Waals surface area contributed by atoms with Crippen LogP contribution in [0.2, 0.25) is 0 Å². The van der Waals surface area contributed by atoms with Gasteiger partial charge in [-0.15, -0.1) is 0 Å². The van der Waals surface area contributed by atoms with Crippen LogP contribution in [0.4, 0.5) is 0 Å². The predicted octanol–water partition coefficient (Wildman–Crippen LogP) is 1.54. The van der Waals surface area contributed by atoms with E-state index in [0.717, 1.165) is 24.5 Å². The first-order valence-electron chi connectivity index (χ1n) is 6.75. The highest BCUT2D eigenvalue weighted by atomic mass is 16.6. The normalized spacial score (nSPS) is 21.4. The average molecular weight is 261 g/mol. The second-order valence-electron chi connectivity index (χ2n) is 4.81. The molecule has 1 aromatic carbocycles. The van der Waals surface area contributed by atoms with Crippen LogP contribution >= 0.6 is 0 Å². The summed E-state index contributed by atoms with van der Waals surface area (Å²) in [6, 6.07) is 6.32. The molecule has 0 bridgehead atoms. The molecule has 0 aliphatic carbocycles. The average Bonchev–Trinajstić information content (AvgIpc) is 2.80. The molecular weight excluding hydrogens is 242 g/mol. The molecule has 2 N–H and O–H groups in total. The van der Waals surface area contributed by atoms with E-state index in [9.17, 15) is 0 Å². The summed E-state index contributed by atoms with van der Waals surface area (Å²) in [6.07, 6.45) is 1.05. The molecule has 2 heterocycles. The lowest BCUT2D eigenvalue weighted by atomic mass is 10.1. The van der Waals surface area contributed by atoms with E-state index in [4.69, 9.17) is 15.2 Å². The minimum absolute atomic E-state index is 0.218. The second kappa shape index (κ2) is 4.99. The SMILES string of the molecule is CCCN1C(N)=NCC1c1ccc2c(c1)OCCO2. The topological polar surface area (TPSA) is 60.1 Å². The lowest BCUT2D eigenvalue weighted by Crippen LogP contribution is -2.36. The van der Waals surface area contributed by atoms with E-state index in [1.165, 1.54) is 5.56 Å². The van der Waals surface area contributed by atoms with Crippen molar-refractivity contribution in [1.29, 1.82) is 0 Å². The Morgan fingerprint density at radius 2 is 2.11 bits per heavy atom. The zero-order chi connectivity index (χ0) is 13.2. The van der Waals surface area contributed by atoms with Crippen LogP contribution in [0.1, 0.15) is 24.9 Å². The maximum atomic E-state index is 5.95. The minimum atomic E-state index is 0.218. The summed E-state index contributed by atoms with van der Waals surface area (Å²) in [4.78, 5) is 6.51. The van der Waals surface area contributed by atoms with Gasteiger partial charge in [0.15, 0.2) is 17.5 Å². The Morgan fingerprint density at radius 1 is 1.32 bits per heavy atom. The van der Waals surface area contributed by atoms with Crippen LogP contribution in [0, 0.1) is 0 Å². The number of nitrogens with zero attached hydrogens (tertiary/aromatic N) is 2. The van der Waals surface area contributed by atoms with Crippen molar-refractivity contribution in [3.63, 3.8) is 0 Å². The van der Waals surface area contributed by atoms with Crippen LogP contribution in [-0.4, -0.2) is 37.2 Å². The quantitative estimate of drug-likeness (QED) is 0.896. The Labute approximate surface area is 113 Å². The standard InChI is InChI=1S/C14H19N3O2/c1-2-5-17-11(9-16-14(17)15)10-3-4-12-13(8-10)19-7-6-18-12/h3-4,8,11H,2,5-7,9H2,1H3,(H2,15,16). The summed E-state index contributed by atoms with van der Waals surface area (Å²) >= 11 is 0. The third kappa shape index (κ3) is 2.20. The van der Waals surface area contributed by atoms with Gasteiger partial charge in [-0.2, -0.15) is 0 Å². The van der Waals surface area contributed by atoms with Crippen molar-refractivity contribution in [1.82, 2.24) is 4.90 Å². The summed E-state index contributed by atoms with van der Waals surface area (Å²) in [7, 11) is 0. The first-order valence-corrected chi connectivity index (χ1v) is 6.75. The van der Waals surface area contributed by atoms with Gasteiger partial charge in [-0.1, -0.05) is 13.0 Å². The number of fused-ring (bicyclic) bond motifs is 1. The van der Waals surface area contributed by atoms with Crippen molar-refractivity contribution >= 4 is 5.96 Å². The Kier molecular flexibility index (Phi) is 3.19. The van der Waals surface area contributed by atoms with Crippen molar-refractivity contribution in [3.8, 4) is 11.5 Å². The first-order chi connectivity index (χ1) is 9.29. The third-order valence-corrected chi connectivity index (χ3v) is 3.51. The molecule has 2 aliphatic rings. The molecule has 1 unspecified atom stereocenters. The highest BCUT2D eigenvalue weighted by Gasteiger charge is 2.27. The molecule has 19 heavy (non-hydrogen) atoms. The van der Waals surface area contributed by atoms with E-state index < -0.39 is 0 Å². The van der Waals surface area contributed by atoms with E-state index in [1.54, 1.807) is 0 Å². The summed E-state index contributed by atoms with van der Waals surface area (Å²) in [5, 5.41) is 0. The maximum absolute atomic E-state index is 5.95. The fourth-order valence-corrected chi connectivity index (χ4v) is 2.59. The molecule has 1 atom stereocenters. The van der Waals surface area contributed by atoms with Crippen molar-refractivity contribution in [2.24, 2.45) is 10.7 Å². The number of rotatable bonds is 3. The van der Waals surface area contributed by atoms with E-state index in [-0.39, 0.29) is 6.04 Å². The van der Waals surface area contributed by atoms with Gasteiger partial charge in [0.05, 0.1) is 12.6 Å². The molecule has 0 radical (unpaired) electrons. The Morgan fingerprint density at radius 3 is 2.89 bits per heavy atom. The van der Waals surface area contributed by atoms with Crippen LogP contribution < -0.4 is 15.2 Å². The fourth-order valence-electron chi connectivity index (χ4n) is 2.59. The molecule has 0 fully saturated rings. The van der Waals surface area contributed by atoms with Crippen molar-refractivity contribution in [2.45, 2.75) is 19.4 Å². The number of hydrogen-bond acceptors (Lipinski definition) is 5. The zero-order valence-electron chi connectivity index (χ0n) is 11.1. The summed E-state index contributed by atoms with van der Waals surface area (Å²) in [5.74, 6) is 2.29. The monoisotopic (exact) mass is 261 g/mol. The lowest BCUT2D eigenvalue weighted by molar-refractivity contribution is 0.171. The molecule has 0 saturated heterocycles. The Hall–Kier alpha value is -1.91. The second-order valence-corrected chi connectivity index (χ2v) is 4.81. The van der Waals surface area contributed by atoms with Gasteiger partial charge in [-0.25, -0.2) is 0 Å². The molecule has 0 aromatic heterocycles. The van der Waals surface area contributed by atoms with E-state index >= 15 is 0 Å². The minimum Gasteiger partial charge on any atom is -0.486 e. The van der Waals surface area contributed by atoms with Gasteiger partial charge in [0.25, 0.3) is 0 Å². The van der Waals surface area contributed by atoms with Crippen LogP contribution in [0.5, 0.6) is 11.5 Å². The van der Waals surface area contributed by atoms with Gasteiger partial charge in [0.1, 0.15) is 13.2 Å². The molecule has 2 aliphatic heterocycles. The van der Waals surface area contributed by atoms with Crippen molar-refractivity contribution in [2.75, 3.05) is 26.3 Å². The smallest absolute Gasteiger partial charge is 0.191 e. The van der Waals surface area contributed by atoms with Crippen LogP contribution in [0.15, 0.2) is 23.2 Å². The van der Waals surface area contributed by atoms with Gasteiger partial charge >= 0.3 is 0 Å². The molecule has 3 rings (SSSR count). The van der Waals surface area contributed by atoms with Crippen molar-refractivity contribution < 1.29 is 9.47 Å². The first kappa shape index (κ1) is 12.1. The van der Waals surface area contributed by atoms with E-state index in [1.807, 2.05) is 6.07 Å². The fraction of sp³-hybridized carbons (Fsp3) is 0.500. The molecule has 0 spiro atoms. The molecular formula is C14H19N3O2. The predicted molar refractivity (Wildman–Crippen MR) is 73.7 cm³/mol. The van der Waals surface area contributed by atoms with Gasteiger partial charge in [-0.3, -0.25) is 4.99 Å². The van der Waals surface area contributed by atoms with Crippen molar-refractivity contribution in [3.05, 3.63) is 23.8 Å². The number of guanidine groups is 1. The molecule has 1 aromatic rings. The van der Waals surface area contributed by atoms with Gasteiger partial charge in [-0.05, 0) is 24.1 Å². The number of hydrogen-bond donors (Lipinski definition) is 1. The number of ether oxygens (including phenoxy) is 2. The molecule has 5 heteroatoms. The lowest BCUT2D eigenvalue weighted by Gasteiger charge is -2.27. The van der Waals surface area contributed by atoms with E-state index in [2.05, 4.69) is 28.9 Å². The number of benzene rings is 1. The zero-order valence-corrected chi connectivity index (χ0v) is 11.1. The summed E-state index contributed by atoms with van der Waals surface area (Å²) in [5.41, 5.74) is 7.13. The van der Waals surface area contributed by atoms with Gasteiger partial charge < -0.3 is 20.1 Å². The molecule has 5 nitrogen and oxygen atoms in total. The van der Waals surface area contributed by atoms with E-state index in [0.29, 0.717) is 25.7 Å². The van der Waals surface area contributed by atoms with Crippen LogP contribution in [0.3, 0.4) is 0 Å². The summed E-state index contributed by atoms with van der Waals surface area (Å²) < 4.78 is 11.2. The third-order valence-electron chi connectivity index (χ3n) is 3.51.